The highest BCUT2D eigenvalue weighted by Gasteiger charge is 2.52. The van der Waals surface area contributed by atoms with E-state index in [0.717, 1.165) is 59.0 Å². The minimum absolute atomic E-state index is 0.0500. The normalized spacial score (nSPS) is 26.0. The Bertz CT molecular complexity index is 1980. The fraction of sp³-hybridized carbons (Fsp3) is 0.333. The third-order valence-corrected chi connectivity index (χ3v) is 12.1. The van der Waals surface area contributed by atoms with Gasteiger partial charge in [0.05, 0.1) is 69.3 Å². The van der Waals surface area contributed by atoms with Crippen LogP contribution in [0.25, 0.3) is 0 Å². The molecule has 0 amide bonds. The van der Waals surface area contributed by atoms with Crippen LogP contribution in [0.1, 0.15) is 73.6 Å². The van der Waals surface area contributed by atoms with Gasteiger partial charge < -0.3 is 9.80 Å². The Hall–Kier alpha value is -5.27. The van der Waals surface area contributed by atoms with Crippen LogP contribution in [0.5, 0.6) is 0 Å². The first-order valence-corrected chi connectivity index (χ1v) is 17.6. The highest BCUT2D eigenvalue weighted by atomic mass is 35.5. The van der Waals surface area contributed by atoms with Crippen LogP contribution < -0.4 is 9.80 Å². The molecule has 240 valence electrons. The van der Waals surface area contributed by atoms with Gasteiger partial charge in [-0.3, -0.25) is 0 Å². The lowest BCUT2D eigenvalue weighted by Gasteiger charge is -2.57. The summed E-state index contributed by atoms with van der Waals surface area (Å²) in [6.07, 6.45) is 9.21. The third-order valence-electron chi connectivity index (χ3n) is 11.7. The molecule has 1 unspecified atom stereocenters. The van der Waals surface area contributed by atoms with E-state index in [1.54, 1.807) is 0 Å². The zero-order valence-electron chi connectivity index (χ0n) is 27.2. The lowest BCUT2D eigenvalue weighted by atomic mass is 9.48. The summed E-state index contributed by atoms with van der Waals surface area (Å²) in [6, 6.07) is 36.5. The maximum Gasteiger partial charge on any atom is 0.0991 e. The number of nitriles is 4. The van der Waals surface area contributed by atoms with Crippen LogP contribution in [-0.4, -0.2) is 6.04 Å². The smallest absolute Gasteiger partial charge is 0.0991 e. The molecule has 0 aliphatic heterocycles. The van der Waals surface area contributed by atoms with E-state index < -0.39 is 0 Å². The summed E-state index contributed by atoms with van der Waals surface area (Å²) in [5.41, 5.74) is 7.35. The van der Waals surface area contributed by atoms with Gasteiger partial charge in [-0.15, -0.1) is 0 Å². The minimum Gasteiger partial charge on any atom is -0.336 e. The van der Waals surface area contributed by atoms with Crippen molar-refractivity contribution in [2.45, 2.75) is 62.8 Å². The molecule has 0 aromatic heterocycles. The zero-order chi connectivity index (χ0) is 33.7. The van der Waals surface area contributed by atoms with Crippen molar-refractivity contribution in [1.82, 2.24) is 0 Å². The van der Waals surface area contributed by atoms with E-state index in [1.807, 2.05) is 72.8 Å². The average molecular weight is 659 g/mol. The van der Waals surface area contributed by atoms with Crippen LogP contribution in [-0.2, 0) is 5.41 Å². The summed E-state index contributed by atoms with van der Waals surface area (Å²) in [5.74, 6) is 2.08. The molecule has 7 heteroatoms. The predicted molar refractivity (Wildman–Crippen MR) is 191 cm³/mol. The number of hydrogen-bond acceptors (Lipinski definition) is 6. The zero-order valence-corrected chi connectivity index (χ0v) is 27.9. The van der Waals surface area contributed by atoms with Gasteiger partial charge in [0.25, 0.3) is 0 Å². The van der Waals surface area contributed by atoms with Crippen molar-refractivity contribution in [2.75, 3.05) is 9.80 Å². The molecule has 49 heavy (non-hydrogen) atoms. The van der Waals surface area contributed by atoms with Crippen molar-refractivity contribution in [3.05, 3.63) is 112 Å². The topological polar surface area (TPSA) is 102 Å². The Morgan fingerprint density at radius 2 is 1.04 bits per heavy atom. The van der Waals surface area contributed by atoms with Gasteiger partial charge in [0.1, 0.15) is 0 Å². The van der Waals surface area contributed by atoms with Gasteiger partial charge in [0.15, 0.2) is 0 Å². The molecule has 5 saturated carbocycles. The molecule has 4 aromatic carbocycles. The maximum absolute atomic E-state index is 10.2. The first-order chi connectivity index (χ1) is 23.9. The molecule has 5 fully saturated rings. The van der Waals surface area contributed by atoms with Crippen LogP contribution in [0, 0.1) is 69.0 Å². The SMILES string of the molecule is N#Cc1ccc(N(c2ccc(C#N)cc2)c2cc(C34CC5CC(CC(C5)C3)C4)cc(N(c3ccc(C#N)cc3)[C@H]3CCC3C#N)c2Cl)cc1. The summed E-state index contributed by atoms with van der Waals surface area (Å²) >= 11 is 7.70. The number of nitrogens with zero attached hydrogens (tertiary/aromatic N) is 6. The predicted octanol–water partition coefficient (Wildman–Crippen LogP) is 10.3. The highest BCUT2D eigenvalue weighted by Crippen LogP contribution is 2.62. The largest absolute Gasteiger partial charge is 0.336 e. The first-order valence-electron chi connectivity index (χ1n) is 17.3. The summed E-state index contributed by atoms with van der Waals surface area (Å²) in [4.78, 5) is 4.39. The molecule has 5 aliphatic carbocycles. The molecule has 5 aliphatic rings. The molecule has 2 atom stereocenters. The van der Waals surface area contributed by atoms with E-state index >= 15 is 0 Å². The van der Waals surface area contributed by atoms with Gasteiger partial charge in [-0.25, -0.2) is 0 Å². The third kappa shape index (κ3) is 5.39. The van der Waals surface area contributed by atoms with Crippen LogP contribution in [0.2, 0.25) is 5.02 Å². The van der Waals surface area contributed by atoms with Gasteiger partial charge in [-0.1, -0.05) is 11.6 Å². The Morgan fingerprint density at radius 3 is 1.45 bits per heavy atom. The Labute approximate surface area is 293 Å². The van der Waals surface area contributed by atoms with Gasteiger partial charge in [-0.2, -0.15) is 21.0 Å². The molecule has 6 nitrogen and oxygen atoms in total. The van der Waals surface area contributed by atoms with Crippen LogP contribution in [0.4, 0.5) is 28.4 Å². The van der Waals surface area contributed by atoms with Crippen molar-refractivity contribution < 1.29 is 0 Å². The molecular formula is C42H35ClN6. The molecule has 4 bridgehead atoms. The second-order valence-corrected chi connectivity index (χ2v) is 15.0. The number of rotatable bonds is 7. The quantitative estimate of drug-likeness (QED) is 0.196. The number of anilines is 5. The fourth-order valence-electron chi connectivity index (χ4n) is 9.65. The van der Waals surface area contributed by atoms with Crippen molar-refractivity contribution in [1.29, 1.82) is 21.0 Å². The maximum atomic E-state index is 10.2. The van der Waals surface area contributed by atoms with Gasteiger partial charge in [0.2, 0.25) is 0 Å². The number of hydrogen-bond donors (Lipinski definition) is 0. The van der Waals surface area contributed by atoms with E-state index in [4.69, 9.17) is 11.6 Å². The number of halogens is 1. The van der Waals surface area contributed by atoms with Crippen molar-refractivity contribution in [3.63, 3.8) is 0 Å². The van der Waals surface area contributed by atoms with Crippen molar-refractivity contribution in [3.8, 4) is 24.3 Å². The summed E-state index contributed by atoms with van der Waals surface area (Å²) < 4.78 is 0. The molecule has 0 N–H and O–H groups in total. The standard InChI is InChI=1S/C42H35ClN6/c43-41-39(48(35-8-1-27(23-44)2-9-35)36-10-3-28(24-45)4-11-36)18-34(42-20-30-15-31(21-42)17-32(16-30)22-42)19-40(41)49(38-14-7-33(38)26-47)37-12-5-29(25-46)6-13-37/h1-6,8-13,18-19,30-33,38H,7,14-17,20-22H2/t30?,31?,32?,33?,38-,42?/m0/s1. The molecule has 0 radical (unpaired) electrons. The van der Waals surface area contributed by atoms with Crippen LogP contribution >= 0.6 is 11.6 Å². The van der Waals surface area contributed by atoms with Gasteiger partial charge in [0, 0.05) is 17.1 Å². The Balaban J connectivity index is 1.38. The fourth-order valence-corrected chi connectivity index (χ4v) is 9.93. The first kappa shape index (κ1) is 31.0. The highest BCUT2D eigenvalue weighted by molar-refractivity contribution is 6.36. The van der Waals surface area contributed by atoms with E-state index in [-0.39, 0.29) is 17.4 Å². The van der Waals surface area contributed by atoms with Crippen molar-refractivity contribution >= 4 is 40.0 Å². The molecular weight excluding hydrogens is 624 g/mol. The van der Waals surface area contributed by atoms with E-state index in [2.05, 4.69) is 46.2 Å². The van der Waals surface area contributed by atoms with E-state index in [1.165, 1.54) is 44.1 Å². The van der Waals surface area contributed by atoms with Crippen LogP contribution in [0.15, 0.2) is 84.9 Å². The Kier molecular flexibility index (Phi) is 7.80. The van der Waals surface area contributed by atoms with Gasteiger partial charge in [-0.05, 0) is 165 Å². The van der Waals surface area contributed by atoms with E-state index in [0.29, 0.717) is 21.7 Å². The molecule has 9 rings (SSSR count). The summed E-state index contributed by atoms with van der Waals surface area (Å²) in [5, 5.41) is 39.5. The monoisotopic (exact) mass is 658 g/mol. The number of benzene rings is 4. The molecule has 0 spiro atoms. The van der Waals surface area contributed by atoms with E-state index in [9.17, 15) is 21.0 Å². The molecule has 0 saturated heterocycles. The van der Waals surface area contributed by atoms with Crippen molar-refractivity contribution in [2.24, 2.45) is 23.7 Å². The summed E-state index contributed by atoms with van der Waals surface area (Å²) in [7, 11) is 0. The second kappa shape index (κ2) is 12.3. The molecule has 4 aromatic rings. The lowest BCUT2D eigenvalue weighted by molar-refractivity contribution is -0.00515. The minimum atomic E-state index is -0.147. The van der Waals surface area contributed by atoms with Crippen LogP contribution in [0.3, 0.4) is 0 Å². The average Bonchev–Trinajstić information content (AvgIpc) is 3.11. The summed E-state index contributed by atoms with van der Waals surface area (Å²) in [6.45, 7) is 0. The van der Waals surface area contributed by atoms with Gasteiger partial charge >= 0.3 is 0 Å². The molecule has 0 heterocycles. The Morgan fingerprint density at radius 1 is 0.592 bits per heavy atom. The second-order valence-electron chi connectivity index (χ2n) is 14.6. The lowest BCUT2D eigenvalue weighted by Crippen LogP contribution is -2.49.